The van der Waals surface area contributed by atoms with Crippen LogP contribution >= 0.6 is 11.8 Å². The molecule has 47 heavy (non-hydrogen) atoms. The Morgan fingerprint density at radius 1 is 0.872 bits per heavy atom. The smallest absolute Gasteiger partial charge is 0.289 e. The van der Waals surface area contributed by atoms with E-state index >= 15 is 0 Å². The van der Waals surface area contributed by atoms with Gasteiger partial charge in [0.25, 0.3) is 5.91 Å². The second-order valence-electron chi connectivity index (χ2n) is 11.3. The molecule has 0 atom stereocenters. The van der Waals surface area contributed by atoms with Gasteiger partial charge in [0.15, 0.2) is 17.3 Å². The van der Waals surface area contributed by atoms with E-state index in [9.17, 15) is 9.59 Å². The monoisotopic (exact) mass is 665 g/mol. The Labute approximate surface area is 277 Å². The number of ether oxygens (including phenoxy) is 5. The van der Waals surface area contributed by atoms with Crippen molar-refractivity contribution < 1.29 is 37.7 Å². The van der Waals surface area contributed by atoms with E-state index in [1.165, 1.54) is 18.0 Å². The molecule has 1 aliphatic heterocycles. The first kappa shape index (κ1) is 33.5. The van der Waals surface area contributed by atoms with Gasteiger partial charge in [-0.2, -0.15) is 4.98 Å². The third kappa shape index (κ3) is 7.43. The van der Waals surface area contributed by atoms with Gasteiger partial charge < -0.3 is 43.2 Å². The minimum absolute atomic E-state index is 0.137. The first-order valence-corrected chi connectivity index (χ1v) is 15.7. The summed E-state index contributed by atoms with van der Waals surface area (Å²) in [5, 5.41) is 3.62. The fraction of sp³-hybridized carbons (Fsp3) is 0.394. The molecule has 0 radical (unpaired) electrons. The van der Waals surface area contributed by atoms with Crippen molar-refractivity contribution in [2.75, 3.05) is 71.9 Å². The lowest BCUT2D eigenvalue weighted by atomic mass is 10.1. The molecule has 0 aliphatic carbocycles. The maximum absolute atomic E-state index is 13.7. The van der Waals surface area contributed by atoms with Crippen molar-refractivity contribution in [2.45, 2.75) is 29.9 Å². The fourth-order valence-corrected chi connectivity index (χ4v) is 6.54. The number of rotatable bonds is 12. The summed E-state index contributed by atoms with van der Waals surface area (Å²) < 4.78 is 32.4. The Bertz CT molecular complexity index is 1710. The number of nitrogens with one attached hydrogen (secondary N) is 1. The van der Waals surface area contributed by atoms with Crippen LogP contribution in [0.5, 0.6) is 28.7 Å². The van der Waals surface area contributed by atoms with Crippen molar-refractivity contribution >= 4 is 46.2 Å². The van der Waals surface area contributed by atoms with Crippen molar-refractivity contribution in [3.8, 4) is 28.7 Å². The van der Waals surface area contributed by atoms with Crippen LogP contribution < -0.4 is 33.9 Å². The van der Waals surface area contributed by atoms with Gasteiger partial charge >= 0.3 is 0 Å². The van der Waals surface area contributed by atoms with Crippen LogP contribution in [0, 0.1) is 0 Å². The number of amides is 2. The molecule has 3 heterocycles. The molecule has 4 aromatic rings. The molecule has 2 aromatic carbocycles. The van der Waals surface area contributed by atoms with Gasteiger partial charge in [-0.05, 0) is 32.0 Å². The molecule has 2 amide bonds. The van der Waals surface area contributed by atoms with E-state index in [-0.39, 0.29) is 18.2 Å². The van der Waals surface area contributed by atoms with Gasteiger partial charge in [0.1, 0.15) is 23.1 Å². The van der Waals surface area contributed by atoms with Crippen LogP contribution in [-0.2, 0) is 4.79 Å². The van der Waals surface area contributed by atoms with Gasteiger partial charge in [0.05, 0.1) is 52.2 Å². The van der Waals surface area contributed by atoms with Crippen LogP contribution in [0.15, 0.2) is 52.0 Å². The van der Waals surface area contributed by atoms with E-state index < -0.39 is 4.75 Å². The van der Waals surface area contributed by atoms with Gasteiger partial charge in [-0.15, -0.1) is 11.8 Å². The summed E-state index contributed by atoms with van der Waals surface area (Å²) in [5.41, 5.74) is 0.568. The normalized spacial score (nSPS) is 13.3. The highest BCUT2D eigenvalue weighted by Crippen LogP contribution is 2.47. The molecule has 0 saturated carbocycles. The number of methoxy groups -OCH3 is 5. The molecule has 2 aromatic heterocycles. The van der Waals surface area contributed by atoms with Crippen molar-refractivity contribution in [1.29, 1.82) is 0 Å². The summed E-state index contributed by atoms with van der Waals surface area (Å²) in [5.74, 6) is 3.39. The number of nitrogens with zero attached hydrogens (tertiary/aromatic N) is 4. The van der Waals surface area contributed by atoms with Crippen molar-refractivity contribution in [1.82, 2.24) is 14.9 Å². The summed E-state index contributed by atoms with van der Waals surface area (Å²) in [6.45, 7) is 5.85. The van der Waals surface area contributed by atoms with E-state index in [1.807, 2.05) is 18.7 Å². The van der Waals surface area contributed by atoms with E-state index in [4.69, 9.17) is 38.1 Å². The number of piperazine rings is 1. The van der Waals surface area contributed by atoms with E-state index in [2.05, 4.69) is 5.32 Å². The van der Waals surface area contributed by atoms with Gasteiger partial charge in [0.2, 0.25) is 11.9 Å². The summed E-state index contributed by atoms with van der Waals surface area (Å²) >= 11 is 1.47. The highest BCUT2D eigenvalue weighted by molar-refractivity contribution is 8.00. The number of carbonyl (C=O) groups excluding carboxylic acids is 2. The van der Waals surface area contributed by atoms with E-state index in [0.29, 0.717) is 83.4 Å². The third-order valence-corrected chi connectivity index (χ3v) is 8.97. The lowest BCUT2D eigenvalue weighted by Gasteiger charge is -2.34. The first-order chi connectivity index (χ1) is 22.6. The average Bonchev–Trinajstić information content (AvgIpc) is 3.62. The van der Waals surface area contributed by atoms with Crippen LogP contribution in [0.1, 0.15) is 30.8 Å². The number of fused-ring (bicyclic) bond motifs is 1. The molecule has 1 fully saturated rings. The molecule has 5 rings (SSSR count). The van der Waals surface area contributed by atoms with Gasteiger partial charge in [-0.25, -0.2) is 4.98 Å². The molecule has 14 heteroatoms. The molecule has 1 aliphatic rings. The highest BCUT2D eigenvalue weighted by Gasteiger charge is 2.30. The minimum atomic E-state index is -0.581. The molecule has 1 N–H and O–H groups in total. The zero-order chi connectivity index (χ0) is 33.7. The Morgan fingerprint density at radius 2 is 1.51 bits per heavy atom. The predicted molar refractivity (Wildman–Crippen MR) is 179 cm³/mol. The summed E-state index contributed by atoms with van der Waals surface area (Å²) in [6.07, 6.45) is 1.62. The molecule has 0 bridgehead atoms. The van der Waals surface area contributed by atoms with Gasteiger partial charge in [-0.3, -0.25) is 9.59 Å². The number of aromatic nitrogens is 2. The molecule has 0 unspecified atom stereocenters. The molecular formula is C33H39N5O8S. The van der Waals surface area contributed by atoms with Crippen molar-refractivity contribution in [3.05, 3.63) is 48.4 Å². The second kappa shape index (κ2) is 14.3. The molecule has 1 saturated heterocycles. The van der Waals surface area contributed by atoms with Crippen LogP contribution in [0.3, 0.4) is 0 Å². The van der Waals surface area contributed by atoms with Gasteiger partial charge in [0, 0.05) is 60.9 Å². The number of hydrogen-bond acceptors (Lipinski definition) is 12. The first-order valence-electron chi connectivity index (χ1n) is 14.9. The van der Waals surface area contributed by atoms with Crippen molar-refractivity contribution in [3.63, 3.8) is 0 Å². The maximum atomic E-state index is 13.7. The molecule has 250 valence electrons. The number of thioether (sulfide) groups is 1. The summed E-state index contributed by atoms with van der Waals surface area (Å²) in [4.78, 5) is 40.6. The number of benzene rings is 2. The highest BCUT2D eigenvalue weighted by atomic mass is 32.2. The number of hydrogen-bond donors (Lipinski definition) is 1. The van der Waals surface area contributed by atoms with Crippen LogP contribution in [-0.4, -0.2) is 93.2 Å². The summed E-state index contributed by atoms with van der Waals surface area (Å²) in [7, 11) is 7.83. The Balaban J connectivity index is 1.40. The zero-order valence-electron chi connectivity index (χ0n) is 27.5. The quantitative estimate of drug-likeness (QED) is 0.201. The van der Waals surface area contributed by atoms with E-state index in [1.54, 1.807) is 76.8 Å². The van der Waals surface area contributed by atoms with Crippen LogP contribution in [0.4, 0.5) is 11.8 Å². The Morgan fingerprint density at radius 3 is 2.09 bits per heavy atom. The Kier molecular flexibility index (Phi) is 10.2. The summed E-state index contributed by atoms with van der Waals surface area (Å²) in [6, 6.07) is 10.4. The number of carbonyl (C=O) groups is 2. The number of furan rings is 1. The lowest BCUT2D eigenvalue weighted by molar-refractivity contribution is -0.116. The second-order valence-corrected chi connectivity index (χ2v) is 13.0. The topological polar surface area (TPSA) is 138 Å². The number of anilines is 2. The standard InChI is InChI=1S/C33H39N5O8S/c1-33(2,47-29-26(44-6)15-20(41-3)16-27(29)45-7)19-28(39)35-30-21-17-24(42-4)25(43-5)18-22(21)34-32(36-30)38-12-10-37(11-13-38)31(40)23-9-8-14-46-23/h8-9,14-18H,10-13,19H2,1-7H3,(H,34,35,36,39). The molecule has 0 spiro atoms. The van der Waals surface area contributed by atoms with E-state index in [0.717, 1.165) is 4.90 Å². The minimum Gasteiger partial charge on any atom is -0.496 e. The van der Waals surface area contributed by atoms with Crippen molar-refractivity contribution in [2.24, 2.45) is 0 Å². The van der Waals surface area contributed by atoms with Gasteiger partial charge in [-0.1, -0.05) is 0 Å². The lowest BCUT2D eigenvalue weighted by Crippen LogP contribution is -2.49. The Hall–Kier alpha value is -4.85. The SMILES string of the molecule is COc1cc(OC)c(SC(C)(C)CC(=O)Nc2nc(N3CCN(C(=O)c4ccco4)CC3)nc3cc(OC)c(OC)cc23)c(OC)c1. The molecular weight excluding hydrogens is 626 g/mol. The average molecular weight is 666 g/mol. The van der Waals surface area contributed by atoms with Crippen LogP contribution in [0.2, 0.25) is 0 Å². The predicted octanol–water partition coefficient (Wildman–Crippen LogP) is 5.13. The largest absolute Gasteiger partial charge is 0.496 e. The zero-order valence-corrected chi connectivity index (χ0v) is 28.4. The van der Waals surface area contributed by atoms with Crippen LogP contribution in [0.25, 0.3) is 10.9 Å². The molecule has 13 nitrogen and oxygen atoms in total. The maximum Gasteiger partial charge on any atom is 0.289 e. The third-order valence-electron chi connectivity index (χ3n) is 7.66. The fourth-order valence-electron chi connectivity index (χ4n) is 5.30.